The molecule has 0 amide bonds. The molecule has 0 saturated carbocycles. The Bertz CT molecular complexity index is 351. The number of halogens is 1. The molecular weight excluding hydrogens is 178 g/mol. The molecule has 0 aliphatic carbocycles. The number of carbonyl (C=O) groups excluding carboxylic acids is 1. The number of esters is 1. The topological polar surface area (TPSA) is 39.2 Å². The molecule has 0 aromatic carbocycles. The molecule has 0 bridgehead atoms. The van der Waals surface area contributed by atoms with Crippen LogP contribution in [0.2, 0.25) is 5.15 Å². The van der Waals surface area contributed by atoms with Crippen molar-refractivity contribution in [2.24, 2.45) is 0 Å². The molecule has 62 valence electrons. The normalized spacial score (nSPS) is 20.5. The van der Waals surface area contributed by atoms with E-state index in [0.717, 1.165) is 5.56 Å². The maximum Gasteiger partial charge on any atom is 0.340 e. The van der Waals surface area contributed by atoms with Gasteiger partial charge in [-0.15, -0.1) is 0 Å². The number of hydrogen-bond donors (Lipinski definition) is 0. The second kappa shape index (κ2) is 2.45. The summed E-state index contributed by atoms with van der Waals surface area (Å²) in [6, 6.07) is 1.66. The van der Waals surface area contributed by atoms with Gasteiger partial charge in [-0.3, -0.25) is 0 Å². The predicted molar refractivity (Wildman–Crippen MR) is 43.1 cm³/mol. The minimum atomic E-state index is -0.318. The third kappa shape index (κ3) is 0.975. The van der Waals surface area contributed by atoms with Gasteiger partial charge in [-0.25, -0.2) is 9.78 Å². The highest BCUT2D eigenvalue weighted by molar-refractivity contribution is 6.29. The standard InChI is InChI=1S/C8H6ClNO2/c1-4-5-2-7(9)10-3-6(5)8(11)12-4/h2-4H,1H3. The highest BCUT2D eigenvalue weighted by atomic mass is 35.5. The summed E-state index contributed by atoms with van der Waals surface area (Å²) in [7, 11) is 0. The number of rotatable bonds is 0. The molecule has 1 unspecified atom stereocenters. The van der Waals surface area contributed by atoms with Crippen LogP contribution < -0.4 is 0 Å². The fourth-order valence-electron chi connectivity index (χ4n) is 1.24. The van der Waals surface area contributed by atoms with E-state index in [2.05, 4.69) is 4.98 Å². The van der Waals surface area contributed by atoms with Gasteiger partial charge in [-0.1, -0.05) is 11.6 Å². The van der Waals surface area contributed by atoms with Crippen molar-refractivity contribution >= 4 is 17.6 Å². The van der Waals surface area contributed by atoms with E-state index < -0.39 is 0 Å². The lowest BCUT2D eigenvalue weighted by Crippen LogP contribution is -1.94. The monoisotopic (exact) mass is 183 g/mol. The van der Waals surface area contributed by atoms with Crippen molar-refractivity contribution in [3.63, 3.8) is 0 Å². The molecular formula is C8H6ClNO2. The molecule has 0 fully saturated rings. The first-order chi connectivity index (χ1) is 5.68. The Hall–Kier alpha value is -1.09. The van der Waals surface area contributed by atoms with E-state index in [-0.39, 0.29) is 12.1 Å². The molecule has 1 aliphatic heterocycles. The molecule has 3 nitrogen and oxygen atoms in total. The lowest BCUT2D eigenvalue weighted by Gasteiger charge is -2.00. The van der Waals surface area contributed by atoms with Gasteiger partial charge in [-0.2, -0.15) is 0 Å². The summed E-state index contributed by atoms with van der Waals surface area (Å²) in [6.07, 6.45) is 1.25. The van der Waals surface area contributed by atoms with Crippen LogP contribution in [0.15, 0.2) is 12.3 Å². The van der Waals surface area contributed by atoms with E-state index in [9.17, 15) is 4.79 Å². The second-order valence-corrected chi connectivity index (χ2v) is 3.03. The highest BCUT2D eigenvalue weighted by Crippen LogP contribution is 2.30. The number of aromatic nitrogens is 1. The van der Waals surface area contributed by atoms with E-state index in [0.29, 0.717) is 10.7 Å². The highest BCUT2D eigenvalue weighted by Gasteiger charge is 2.28. The average Bonchev–Trinajstić information content (AvgIpc) is 2.28. The lowest BCUT2D eigenvalue weighted by molar-refractivity contribution is 0.0421. The van der Waals surface area contributed by atoms with Crippen LogP contribution in [-0.2, 0) is 4.74 Å². The maximum atomic E-state index is 11.1. The Balaban J connectivity index is 2.60. The minimum absolute atomic E-state index is 0.201. The van der Waals surface area contributed by atoms with Gasteiger partial charge >= 0.3 is 5.97 Å². The largest absolute Gasteiger partial charge is 0.454 e. The summed E-state index contributed by atoms with van der Waals surface area (Å²) in [6.45, 7) is 1.81. The fourth-order valence-corrected chi connectivity index (χ4v) is 1.40. The van der Waals surface area contributed by atoms with Gasteiger partial charge in [0.25, 0.3) is 0 Å². The van der Waals surface area contributed by atoms with Crippen LogP contribution in [0.25, 0.3) is 0 Å². The van der Waals surface area contributed by atoms with E-state index in [1.165, 1.54) is 6.20 Å². The van der Waals surface area contributed by atoms with Crippen molar-refractivity contribution in [3.8, 4) is 0 Å². The Labute approximate surface area is 74.3 Å². The summed E-state index contributed by atoms with van der Waals surface area (Å²) in [5, 5.41) is 0.388. The average molecular weight is 184 g/mol. The third-order valence-electron chi connectivity index (χ3n) is 1.84. The lowest BCUT2D eigenvalue weighted by atomic mass is 10.1. The molecule has 0 N–H and O–H groups in total. The van der Waals surface area contributed by atoms with E-state index >= 15 is 0 Å². The van der Waals surface area contributed by atoms with Crippen molar-refractivity contribution in [2.75, 3.05) is 0 Å². The van der Waals surface area contributed by atoms with E-state index in [1.54, 1.807) is 13.0 Å². The molecule has 0 saturated heterocycles. The van der Waals surface area contributed by atoms with Gasteiger partial charge in [0.15, 0.2) is 0 Å². The molecule has 2 heterocycles. The predicted octanol–water partition coefficient (Wildman–Crippen LogP) is 1.97. The molecule has 4 heteroatoms. The van der Waals surface area contributed by atoms with Gasteiger partial charge in [0.1, 0.15) is 11.3 Å². The van der Waals surface area contributed by atoms with Gasteiger partial charge in [-0.05, 0) is 13.0 Å². The number of cyclic esters (lactones) is 1. The number of ether oxygens (including phenoxy) is 1. The Kier molecular flexibility index (Phi) is 1.54. The molecule has 0 spiro atoms. The second-order valence-electron chi connectivity index (χ2n) is 2.64. The Morgan fingerprint density at radius 3 is 3.17 bits per heavy atom. The molecule has 0 radical (unpaired) electrons. The number of hydrogen-bond acceptors (Lipinski definition) is 3. The van der Waals surface area contributed by atoms with Crippen molar-refractivity contribution < 1.29 is 9.53 Å². The number of carbonyl (C=O) groups is 1. The first kappa shape index (κ1) is 7.55. The van der Waals surface area contributed by atoms with Gasteiger partial charge in [0.05, 0.1) is 5.56 Å². The molecule has 2 rings (SSSR count). The zero-order valence-corrected chi connectivity index (χ0v) is 7.13. The zero-order chi connectivity index (χ0) is 8.72. The van der Waals surface area contributed by atoms with Crippen LogP contribution in [0.3, 0.4) is 0 Å². The number of fused-ring (bicyclic) bond motifs is 1. The smallest absolute Gasteiger partial charge is 0.340 e. The molecule has 1 atom stereocenters. The maximum absolute atomic E-state index is 11.1. The van der Waals surface area contributed by atoms with Crippen molar-refractivity contribution in [1.82, 2.24) is 4.98 Å². The Morgan fingerprint density at radius 2 is 2.42 bits per heavy atom. The van der Waals surface area contributed by atoms with Crippen LogP contribution in [0, 0.1) is 0 Å². The van der Waals surface area contributed by atoms with Gasteiger partial charge in [0, 0.05) is 11.8 Å². The fraction of sp³-hybridized carbons (Fsp3) is 0.250. The van der Waals surface area contributed by atoms with Gasteiger partial charge < -0.3 is 4.74 Å². The van der Waals surface area contributed by atoms with Gasteiger partial charge in [0.2, 0.25) is 0 Å². The van der Waals surface area contributed by atoms with Crippen LogP contribution in [0.4, 0.5) is 0 Å². The first-order valence-corrected chi connectivity index (χ1v) is 3.92. The van der Waals surface area contributed by atoms with Crippen LogP contribution >= 0.6 is 11.6 Å². The minimum Gasteiger partial charge on any atom is -0.454 e. The number of nitrogens with zero attached hydrogens (tertiary/aromatic N) is 1. The summed E-state index contributed by atoms with van der Waals surface area (Å²) >= 11 is 5.66. The SMILES string of the molecule is CC1OC(=O)c2cnc(Cl)cc21. The van der Waals surface area contributed by atoms with Crippen LogP contribution in [0.5, 0.6) is 0 Å². The summed E-state index contributed by atoms with van der Waals surface area (Å²) in [5.41, 5.74) is 1.34. The van der Waals surface area contributed by atoms with Crippen LogP contribution in [-0.4, -0.2) is 11.0 Å². The molecule has 1 aromatic rings. The molecule has 1 aromatic heterocycles. The summed E-state index contributed by atoms with van der Waals surface area (Å²) in [5.74, 6) is -0.318. The van der Waals surface area contributed by atoms with E-state index in [1.807, 2.05) is 0 Å². The van der Waals surface area contributed by atoms with Crippen LogP contribution in [0.1, 0.15) is 28.9 Å². The summed E-state index contributed by atoms with van der Waals surface area (Å²) in [4.78, 5) is 14.9. The van der Waals surface area contributed by atoms with Crippen molar-refractivity contribution in [2.45, 2.75) is 13.0 Å². The first-order valence-electron chi connectivity index (χ1n) is 3.55. The zero-order valence-electron chi connectivity index (χ0n) is 6.37. The number of pyridine rings is 1. The molecule has 12 heavy (non-hydrogen) atoms. The van der Waals surface area contributed by atoms with Crippen molar-refractivity contribution in [3.05, 3.63) is 28.5 Å². The molecule has 1 aliphatic rings. The third-order valence-corrected chi connectivity index (χ3v) is 2.05. The quantitative estimate of drug-likeness (QED) is 0.456. The Morgan fingerprint density at radius 1 is 1.67 bits per heavy atom. The van der Waals surface area contributed by atoms with E-state index in [4.69, 9.17) is 16.3 Å². The van der Waals surface area contributed by atoms with Crippen molar-refractivity contribution in [1.29, 1.82) is 0 Å². The summed E-state index contributed by atoms with van der Waals surface area (Å²) < 4.78 is 4.95.